The van der Waals surface area contributed by atoms with Gasteiger partial charge in [0.05, 0.1) is 7.11 Å². The first-order chi connectivity index (χ1) is 12.0. The number of methoxy groups -OCH3 is 1. The minimum atomic E-state index is -1.37. The Bertz CT molecular complexity index is 691. The molecule has 2 rings (SSSR count). The third-order valence-corrected chi connectivity index (χ3v) is 3.59. The maximum absolute atomic E-state index is 11.6. The number of nitrogens with one attached hydrogen (secondary N) is 1. The summed E-state index contributed by atoms with van der Waals surface area (Å²) in [6.45, 7) is -0.134. The lowest BCUT2D eigenvalue weighted by atomic mass is 10.0. The quantitative estimate of drug-likeness (QED) is 0.607. The van der Waals surface area contributed by atoms with E-state index in [4.69, 9.17) is 9.47 Å². The van der Waals surface area contributed by atoms with Crippen molar-refractivity contribution >= 4 is 6.09 Å². The first kappa shape index (κ1) is 18.6. The Balaban J connectivity index is 1.82. The smallest absolute Gasteiger partial charge is 0.407 e. The van der Waals surface area contributed by atoms with Crippen LogP contribution in [-0.4, -0.2) is 41.2 Å². The van der Waals surface area contributed by atoms with E-state index in [2.05, 4.69) is 5.32 Å². The number of hydrogen-bond donors (Lipinski definition) is 4. The molecule has 2 atom stereocenters. The number of ether oxygens (including phenoxy) is 2. The van der Waals surface area contributed by atoms with Gasteiger partial charge in [-0.25, -0.2) is 4.79 Å². The SMILES string of the molecule is COc1ccc(C(O)C(O)CNC(=O)OCc2ccccc2)c(O)c1. The zero-order valence-corrected chi connectivity index (χ0v) is 13.8. The first-order valence-electron chi connectivity index (χ1n) is 7.69. The number of aliphatic hydroxyl groups is 2. The number of benzene rings is 2. The van der Waals surface area contributed by atoms with Crippen LogP contribution in [0.2, 0.25) is 0 Å². The number of amides is 1. The van der Waals surface area contributed by atoms with Crippen molar-refractivity contribution in [2.24, 2.45) is 0 Å². The van der Waals surface area contributed by atoms with E-state index in [1.807, 2.05) is 30.3 Å². The van der Waals surface area contributed by atoms with E-state index in [0.29, 0.717) is 5.75 Å². The number of alkyl carbamates (subject to hydrolysis) is 1. The van der Waals surface area contributed by atoms with Crippen molar-refractivity contribution in [2.45, 2.75) is 18.8 Å². The van der Waals surface area contributed by atoms with Gasteiger partial charge in [-0.2, -0.15) is 0 Å². The highest BCUT2D eigenvalue weighted by atomic mass is 16.5. The second-order valence-corrected chi connectivity index (χ2v) is 5.38. The molecule has 25 heavy (non-hydrogen) atoms. The Hall–Kier alpha value is -2.77. The molecule has 1 amide bonds. The van der Waals surface area contributed by atoms with Crippen LogP contribution >= 0.6 is 0 Å². The van der Waals surface area contributed by atoms with E-state index in [9.17, 15) is 20.1 Å². The van der Waals surface area contributed by atoms with Crippen LogP contribution in [0.15, 0.2) is 48.5 Å². The van der Waals surface area contributed by atoms with Gasteiger partial charge in [0.25, 0.3) is 0 Å². The minimum absolute atomic E-state index is 0.102. The lowest BCUT2D eigenvalue weighted by Crippen LogP contribution is -2.35. The average molecular weight is 347 g/mol. The van der Waals surface area contributed by atoms with Crippen molar-refractivity contribution in [1.82, 2.24) is 5.32 Å². The predicted molar refractivity (Wildman–Crippen MR) is 90.3 cm³/mol. The summed E-state index contributed by atoms with van der Waals surface area (Å²) in [5, 5.41) is 32.3. The van der Waals surface area contributed by atoms with E-state index in [1.165, 1.54) is 19.2 Å². The molecule has 2 aromatic rings. The summed E-state index contributed by atoms with van der Waals surface area (Å²) in [5.74, 6) is 0.211. The monoisotopic (exact) mass is 347 g/mol. The van der Waals surface area contributed by atoms with E-state index in [-0.39, 0.29) is 24.5 Å². The standard InChI is InChI=1S/C18H21NO6/c1-24-13-7-8-14(15(20)9-13)17(22)16(21)10-19-18(23)25-11-12-5-3-2-4-6-12/h2-9,16-17,20-22H,10-11H2,1H3,(H,19,23). The Labute approximate surface area is 145 Å². The van der Waals surface area contributed by atoms with Crippen LogP contribution in [0.5, 0.6) is 11.5 Å². The minimum Gasteiger partial charge on any atom is -0.507 e. The number of aliphatic hydroxyl groups excluding tert-OH is 2. The molecule has 0 heterocycles. The van der Waals surface area contributed by atoms with Crippen LogP contribution < -0.4 is 10.1 Å². The second kappa shape index (κ2) is 8.91. The molecule has 2 aromatic carbocycles. The number of aromatic hydroxyl groups is 1. The summed E-state index contributed by atoms with van der Waals surface area (Å²) in [6.07, 6.45) is -3.40. The zero-order chi connectivity index (χ0) is 18.2. The summed E-state index contributed by atoms with van der Waals surface area (Å²) in [7, 11) is 1.45. The molecular formula is C18H21NO6. The lowest BCUT2D eigenvalue weighted by Gasteiger charge is -2.19. The highest BCUT2D eigenvalue weighted by Gasteiger charge is 2.22. The van der Waals surface area contributed by atoms with Crippen LogP contribution in [-0.2, 0) is 11.3 Å². The molecule has 2 unspecified atom stereocenters. The number of carbonyl (C=O) groups excluding carboxylic acids is 1. The molecule has 0 aliphatic heterocycles. The fourth-order valence-electron chi connectivity index (χ4n) is 2.18. The number of phenols is 1. The van der Waals surface area contributed by atoms with Gasteiger partial charge < -0.3 is 30.1 Å². The number of phenolic OH excluding ortho intramolecular Hbond substituents is 1. The van der Waals surface area contributed by atoms with Crippen molar-refractivity contribution < 1.29 is 29.6 Å². The highest BCUT2D eigenvalue weighted by Crippen LogP contribution is 2.29. The number of carbonyl (C=O) groups is 1. The Morgan fingerprint density at radius 1 is 1.16 bits per heavy atom. The average Bonchev–Trinajstić information content (AvgIpc) is 2.64. The van der Waals surface area contributed by atoms with Crippen LogP contribution in [0.4, 0.5) is 4.79 Å². The van der Waals surface area contributed by atoms with Crippen molar-refractivity contribution in [3.05, 3.63) is 59.7 Å². The van der Waals surface area contributed by atoms with Gasteiger partial charge in [-0.05, 0) is 17.7 Å². The summed E-state index contributed by atoms with van der Waals surface area (Å²) < 4.78 is 9.96. The first-order valence-corrected chi connectivity index (χ1v) is 7.69. The van der Waals surface area contributed by atoms with Gasteiger partial charge in [-0.3, -0.25) is 0 Å². The largest absolute Gasteiger partial charge is 0.507 e. The molecule has 0 aliphatic carbocycles. The van der Waals surface area contributed by atoms with Crippen LogP contribution in [0.1, 0.15) is 17.2 Å². The highest BCUT2D eigenvalue weighted by molar-refractivity contribution is 5.67. The Kier molecular flexibility index (Phi) is 6.62. The van der Waals surface area contributed by atoms with Gasteiger partial charge in [-0.1, -0.05) is 30.3 Å². The summed E-state index contributed by atoms with van der Waals surface area (Å²) in [4.78, 5) is 11.6. The van der Waals surface area contributed by atoms with Crippen LogP contribution in [0.3, 0.4) is 0 Å². The second-order valence-electron chi connectivity index (χ2n) is 5.38. The van der Waals surface area contributed by atoms with Crippen LogP contribution in [0.25, 0.3) is 0 Å². The molecule has 0 radical (unpaired) electrons. The van der Waals surface area contributed by atoms with Crippen LogP contribution in [0, 0.1) is 0 Å². The summed E-state index contributed by atoms with van der Waals surface area (Å²) >= 11 is 0. The lowest BCUT2D eigenvalue weighted by molar-refractivity contribution is 0.0171. The van der Waals surface area contributed by atoms with Gasteiger partial charge in [0.1, 0.15) is 30.3 Å². The fraction of sp³-hybridized carbons (Fsp3) is 0.278. The van der Waals surface area contributed by atoms with Gasteiger partial charge in [0, 0.05) is 18.2 Å². The maximum atomic E-state index is 11.6. The third-order valence-electron chi connectivity index (χ3n) is 3.59. The normalized spacial score (nSPS) is 12.9. The van der Waals surface area contributed by atoms with E-state index in [0.717, 1.165) is 5.56 Å². The van der Waals surface area contributed by atoms with Crippen molar-refractivity contribution in [3.8, 4) is 11.5 Å². The van der Waals surface area contributed by atoms with E-state index >= 15 is 0 Å². The van der Waals surface area contributed by atoms with Gasteiger partial charge in [0.15, 0.2) is 0 Å². The van der Waals surface area contributed by atoms with Gasteiger partial charge in [-0.15, -0.1) is 0 Å². The molecule has 4 N–H and O–H groups in total. The van der Waals surface area contributed by atoms with Crippen molar-refractivity contribution in [2.75, 3.05) is 13.7 Å². The summed E-state index contributed by atoms with van der Waals surface area (Å²) in [5.41, 5.74) is 0.967. The number of hydrogen-bond acceptors (Lipinski definition) is 6. The maximum Gasteiger partial charge on any atom is 0.407 e. The fourth-order valence-corrected chi connectivity index (χ4v) is 2.18. The van der Waals surface area contributed by atoms with E-state index in [1.54, 1.807) is 6.07 Å². The molecule has 7 heteroatoms. The molecule has 0 aliphatic rings. The third kappa shape index (κ3) is 5.37. The van der Waals surface area contributed by atoms with Crippen molar-refractivity contribution in [3.63, 3.8) is 0 Å². The molecule has 0 saturated carbocycles. The molecule has 0 fully saturated rings. The Morgan fingerprint density at radius 3 is 2.52 bits per heavy atom. The molecule has 134 valence electrons. The molecule has 0 spiro atoms. The molecule has 0 bridgehead atoms. The number of rotatable bonds is 7. The molecule has 0 aromatic heterocycles. The molecule has 0 saturated heterocycles. The van der Waals surface area contributed by atoms with Gasteiger partial charge in [0.2, 0.25) is 0 Å². The van der Waals surface area contributed by atoms with E-state index < -0.39 is 18.3 Å². The topological polar surface area (TPSA) is 108 Å². The predicted octanol–water partition coefficient (Wildman–Crippen LogP) is 1.72. The van der Waals surface area contributed by atoms with Gasteiger partial charge >= 0.3 is 6.09 Å². The molecule has 7 nitrogen and oxygen atoms in total. The summed E-state index contributed by atoms with van der Waals surface area (Å²) in [6, 6.07) is 13.5. The molecular weight excluding hydrogens is 326 g/mol. The van der Waals surface area contributed by atoms with Crippen molar-refractivity contribution in [1.29, 1.82) is 0 Å². The Morgan fingerprint density at radius 2 is 1.88 bits per heavy atom. The zero-order valence-electron chi connectivity index (χ0n) is 13.8.